The molecule has 1 aromatic heterocycles. The Morgan fingerprint density at radius 3 is 2.39 bits per heavy atom. The predicted octanol–water partition coefficient (Wildman–Crippen LogP) is 5.56. The number of nitrogens with one attached hydrogen (secondary N) is 3. The number of hydrogen-bond acceptors (Lipinski definition) is 4. The number of rotatable bonds is 5. The van der Waals surface area contributed by atoms with Crippen molar-refractivity contribution >= 4 is 40.6 Å². The van der Waals surface area contributed by atoms with Crippen LogP contribution in [0.2, 0.25) is 5.02 Å². The molecule has 11 heteroatoms. The fraction of sp³-hybridized carbons (Fsp3) is 0.136. The molecule has 3 rings (SSSR count). The zero-order valence-electron chi connectivity index (χ0n) is 17.3. The molecule has 3 aromatic rings. The highest BCUT2D eigenvalue weighted by molar-refractivity contribution is 6.31. The van der Waals surface area contributed by atoms with Crippen LogP contribution in [0, 0.1) is 12.7 Å². The Morgan fingerprint density at radius 2 is 1.73 bits per heavy atom. The van der Waals surface area contributed by atoms with Gasteiger partial charge in [0.25, 0.3) is 11.8 Å². The third-order valence-electron chi connectivity index (χ3n) is 4.63. The zero-order chi connectivity index (χ0) is 24.3. The first-order chi connectivity index (χ1) is 15.5. The molecule has 172 valence electrons. The topological polar surface area (TPSA) is 83.1 Å². The molecule has 0 saturated heterocycles. The lowest BCUT2D eigenvalue weighted by atomic mass is 10.1. The number of amides is 2. The van der Waals surface area contributed by atoms with E-state index in [1.807, 2.05) is 0 Å². The van der Waals surface area contributed by atoms with Crippen LogP contribution in [0.3, 0.4) is 0 Å². The molecule has 0 aliphatic heterocycles. The van der Waals surface area contributed by atoms with Gasteiger partial charge in [-0.3, -0.25) is 9.59 Å². The second-order valence-electron chi connectivity index (χ2n) is 6.92. The summed E-state index contributed by atoms with van der Waals surface area (Å²) in [5.74, 6) is -2.66. The van der Waals surface area contributed by atoms with Crippen LogP contribution >= 0.6 is 11.6 Å². The average Bonchev–Trinajstić information content (AvgIpc) is 2.76. The number of alkyl halides is 3. The molecule has 6 nitrogen and oxygen atoms in total. The lowest BCUT2D eigenvalue weighted by Crippen LogP contribution is -2.20. The van der Waals surface area contributed by atoms with Crippen molar-refractivity contribution in [2.45, 2.75) is 13.1 Å². The van der Waals surface area contributed by atoms with Crippen LogP contribution < -0.4 is 16.0 Å². The Kier molecular flexibility index (Phi) is 6.87. The molecule has 0 radical (unpaired) electrons. The van der Waals surface area contributed by atoms with E-state index in [-0.39, 0.29) is 17.1 Å². The molecule has 33 heavy (non-hydrogen) atoms. The summed E-state index contributed by atoms with van der Waals surface area (Å²) in [5, 5.41) is 8.24. The van der Waals surface area contributed by atoms with E-state index in [4.69, 9.17) is 11.6 Å². The monoisotopic (exact) mass is 480 g/mol. The Bertz CT molecular complexity index is 1230. The van der Waals surface area contributed by atoms with Gasteiger partial charge in [-0.15, -0.1) is 0 Å². The van der Waals surface area contributed by atoms with Crippen LogP contribution in [-0.4, -0.2) is 23.8 Å². The summed E-state index contributed by atoms with van der Waals surface area (Å²) in [4.78, 5) is 28.9. The van der Waals surface area contributed by atoms with Crippen LogP contribution in [0.15, 0.2) is 48.7 Å². The van der Waals surface area contributed by atoms with E-state index in [1.54, 1.807) is 25.1 Å². The summed E-state index contributed by atoms with van der Waals surface area (Å²) >= 11 is 6.13. The van der Waals surface area contributed by atoms with Crippen molar-refractivity contribution in [3.8, 4) is 0 Å². The minimum atomic E-state index is -4.84. The van der Waals surface area contributed by atoms with Crippen molar-refractivity contribution in [3.63, 3.8) is 0 Å². The molecule has 0 saturated carbocycles. The van der Waals surface area contributed by atoms with E-state index in [0.717, 1.165) is 0 Å². The predicted molar refractivity (Wildman–Crippen MR) is 116 cm³/mol. The summed E-state index contributed by atoms with van der Waals surface area (Å²) in [6.07, 6.45) is -3.59. The highest BCUT2D eigenvalue weighted by Gasteiger charge is 2.32. The smallest absolute Gasteiger partial charge is 0.355 e. The molecule has 0 bridgehead atoms. The maximum absolute atomic E-state index is 13.8. The molecular formula is C22H17ClF4N4O2. The van der Waals surface area contributed by atoms with Crippen molar-refractivity contribution in [2.24, 2.45) is 0 Å². The fourth-order valence-electron chi connectivity index (χ4n) is 2.88. The lowest BCUT2D eigenvalue weighted by Gasteiger charge is -2.16. The molecular weight excluding hydrogens is 464 g/mol. The fourth-order valence-corrected chi connectivity index (χ4v) is 3.05. The number of hydrogen-bond donors (Lipinski definition) is 3. The molecule has 0 aliphatic carbocycles. The molecule has 0 fully saturated rings. The first kappa shape index (κ1) is 24.0. The Morgan fingerprint density at radius 1 is 1.00 bits per heavy atom. The third kappa shape index (κ3) is 5.58. The van der Waals surface area contributed by atoms with Gasteiger partial charge < -0.3 is 16.0 Å². The van der Waals surface area contributed by atoms with Gasteiger partial charge in [0.2, 0.25) is 0 Å². The first-order valence-corrected chi connectivity index (χ1v) is 9.81. The minimum Gasteiger partial charge on any atom is -0.355 e. The minimum absolute atomic E-state index is 0.0155. The quantitative estimate of drug-likeness (QED) is 0.418. The zero-order valence-corrected chi connectivity index (χ0v) is 18.0. The van der Waals surface area contributed by atoms with Gasteiger partial charge in [-0.25, -0.2) is 9.37 Å². The largest absolute Gasteiger partial charge is 0.416 e. The summed E-state index contributed by atoms with van der Waals surface area (Å²) < 4.78 is 52.8. The SMILES string of the molecule is CNC(=O)c1cnc(Nc2cccc(Cl)c2C)c(NC(=O)c2cc(F)cc(C(F)(F)F)c2)c1. The Hall–Kier alpha value is -3.66. The van der Waals surface area contributed by atoms with Crippen molar-refractivity contribution in [2.75, 3.05) is 17.7 Å². The maximum Gasteiger partial charge on any atom is 0.416 e. The van der Waals surface area contributed by atoms with Crippen molar-refractivity contribution in [3.05, 3.63) is 81.8 Å². The maximum atomic E-state index is 13.8. The summed E-state index contributed by atoms with van der Waals surface area (Å²) in [5.41, 5.74) is -0.582. The number of benzene rings is 2. The highest BCUT2D eigenvalue weighted by atomic mass is 35.5. The van der Waals surface area contributed by atoms with Gasteiger partial charge in [0.05, 0.1) is 16.8 Å². The van der Waals surface area contributed by atoms with Gasteiger partial charge in [0.1, 0.15) is 5.82 Å². The summed E-state index contributed by atoms with van der Waals surface area (Å²) in [6, 6.07) is 7.84. The van der Waals surface area contributed by atoms with Crippen LogP contribution in [0.5, 0.6) is 0 Å². The van der Waals surface area contributed by atoms with Gasteiger partial charge >= 0.3 is 6.18 Å². The van der Waals surface area contributed by atoms with Gasteiger partial charge in [0, 0.05) is 29.5 Å². The standard InChI is InChI=1S/C22H17ClF4N4O2/c1-11-16(23)4-3-5-17(11)30-19-18(8-13(10-29-19)20(32)28-2)31-21(33)12-6-14(22(25,26)27)9-15(24)7-12/h3-10H,1-2H3,(H,28,32)(H,29,30)(H,31,33). The van der Waals surface area contributed by atoms with E-state index in [2.05, 4.69) is 20.9 Å². The van der Waals surface area contributed by atoms with Gasteiger partial charge in [-0.1, -0.05) is 17.7 Å². The molecule has 0 aliphatic rings. The van der Waals surface area contributed by atoms with E-state index in [9.17, 15) is 27.2 Å². The summed E-state index contributed by atoms with van der Waals surface area (Å²) in [6.45, 7) is 1.74. The van der Waals surface area contributed by atoms with E-state index < -0.39 is 34.9 Å². The van der Waals surface area contributed by atoms with Crippen LogP contribution in [-0.2, 0) is 6.18 Å². The van der Waals surface area contributed by atoms with E-state index in [1.165, 1.54) is 19.3 Å². The number of aromatic nitrogens is 1. The molecule has 1 heterocycles. The van der Waals surface area contributed by atoms with Crippen molar-refractivity contribution < 1.29 is 27.2 Å². The third-order valence-corrected chi connectivity index (χ3v) is 5.04. The Balaban J connectivity index is 2.01. The Labute approximate surface area is 191 Å². The number of pyridine rings is 1. The normalized spacial score (nSPS) is 11.1. The number of carbonyl (C=O) groups excluding carboxylic acids is 2. The molecule has 0 spiro atoms. The van der Waals surface area contributed by atoms with E-state index >= 15 is 0 Å². The average molecular weight is 481 g/mol. The molecule has 3 N–H and O–H groups in total. The molecule has 2 amide bonds. The summed E-state index contributed by atoms with van der Waals surface area (Å²) in [7, 11) is 1.40. The number of anilines is 3. The first-order valence-electron chi connectivity index (χ1n) is 9.43. The van der Waals surface area contributed by atoms with Crippen LogP contribution in [0.1, 0.15) is 31.8 Å². The highest BCUT2D eigenvalue weighted by Crippen LogP contribution is 2.32. The van der Waals surface area contributed by atoms with Crippen LogP contribution in [0.25, 0.3) is 0 Å². The molecule has 0 unspecified atom stereocenters. The number of carbonyl (C=O) groups is 2. The number of halogens is 5. The van der Waals surface area contributed by atoms with Gasteiger partial charge in [0.15, 0.2) is 5.82 Å². The van der Waals surface area contributed by atoms with Crippen LogP contribution in [0.4, 0.5) is 34.8 Å². The van der Waals surface area contributed by atoms with Crippen molar-refractivity contribution in [1.29, 1.82) is 0 Å². The number of nitrogens with zero attached hydrogens (tertiary/aromatic N) is 1. The molecule has 0 atom stereocenters. The molecule has 2 aromatic carbocycles. The second kappa shape index (κ2) is 9.45. The van der Waals surface area contributed by atoms with E-state index in [0.29, 0.717) is 34.5 Å². The van der Waals surface area contributed by atoms with Gasteiger partial charge in [-0.05, 0) is 48.9 Å². The second-order valence-corrected chi connectivity index (χ2v) is 7.32. The lowest BCUT2D eigenvalue weighted by molar-refractivity contribution is -0.137. The van der Waals surface area contributed by atoms with Gasteiger partial charge in [-0.2, -0.15) is 13.2 Å². The van der Waals surface area contributed by atoms with Crippen molar-refractivity contribution in [1.82, 2.24) is 10.3 Å².